The number of ether oxygens (including phenoxy) is 6. The number of Topliss-reactive ketones (excluding diaryl/α,β-unsaturated/α-hetero) is 1. The van der Waals surface area contributed by atoms with Crippen LogP contribution in [0.3, 0.4) is 0 Å². The van der Waals surface area contributed by atoms with Crippen molar-refractivity contribution < 1.29 is 52.4 Å². The van der Waals surface area contributed by atoms with Crippen LogP contribution < -0.4 is 18.9 Å². The van der Waals surface area contributed by atoms with Crippen LogP contribution in [0.15, 0.2) is 104 Å². The molecule has 3 rings (SSSR count). The van der Waals surface area contributed by atoms with Crippen LogP contribution in [-0.2, 0) is 28.7 Å². The summed E-state index contributed by atoms with van der Waals surface area (Å²) < 4.78 is 31.9. The molecule has 0 bridgehead atoms. The van der Waals surface area contributed by atoms with Crippen LogP contribution in [0.1, 0.15) is 54.1 Å². The Balaban J connectivity index is 1.44. The highest BCUT2D eigenvalue weighted by atomic mass is 16.5. The lowest BCUT2D eigenvalue weighted by Crippen LogP contribution is -2.09. The number of unbranched alkanes of at least 4 members (excludes halogenated alkanes) is 2. The minimum absolute atomic E-state index is 0.0222. The Labute approximate surface area is 296 Å². The molecule has 51 heavy (non-hydrogen) atoms. The van der Waals surface area contributed by atoms with E-state index >= 15 is 0 Å². The SMILES string of the molecule is C=CC(=O)OCCCCOc1ccc(/C=C/C(=O)Oc2ccc(OC(=O)/C=C/c3ccc(OCCCCOC(=O)C=C)cc3)c(C(C)=O)c2)cc1. The van der Waals surface area contributed by atoms with Crippen molar-refractivity contribution in [3.8, 4) is 23.0 Å². The summed E-state index contributed by atoms with van der Waals surface area (Å²) in [5.74, 6) is -1.23. The molecule has 0 spiro atoms. The molecule has 266 valence electrons. The molecule has 0 heterocycles. The lowest BCUT2D eigenvalue weighted by atomic mass is 10.1. The molecule has 0 saturated heterocycles. The number of carbonyl (C=O) groups excluding carboxylic acids is 5. The first-order valence-electron chi connectivity index (χ1n) is 16.2. The zero-order valence-electron chi connectivity index (χ0n) is 28.4. The summed E-state index contributed by atoms with van der Waals surface area (Å²) >= 11 is 0. The van der Waals surface area contributed by atoms with Crippen molar-refractivity contribution >= 4 is 41.8 Å². The van der Waals surface area contributed by atoms with Crippen LogP contribution in [0.4, 0.5) is 0 Å². The van der Waals surface area contributed by atoms with Gasteiger partial charge in [-0.05, 0) is 98.4 Å². The largest absolute Gasteiger partial charge is 0.494 e. The van der Waals surface area contributed by atoms with Crippen LogP contribution >= 0.6 is 0 Å². The number of rotatable bonds is 21. The first-order chi connectivity index (χ1) is 24.7. The van der Waals surface area contributed by atoms with Gasteiger partial charge in [0.05, 0.1) is 32.0 Å². The van der Waals surface area contributed by atoms with Gasteiger partial charge in [-0.2, -0.15) is 0 Å². The molecule has 0 atom stereocenters. The van der Waals surface area contributed by atoms with Crippen molar-refractivity contribution in [2.75, 3.05) is 26.4 Å². The van der Waals surface area contributed by atoms with E-state index in [0.717, 1.165) is 23.3 Å². The van der Waals surface area contributed by atoms with E-state index in [-0.39, 0.29) is 22.8 Å². The standard InChI is InChI=1S/C40H40O11/c1-4-37(42)48-26-8-6-24-46-32-16-10-30(11-17-32)14-22-39(44)50-34-20-21-36(35(28-34)29(3)41)51-40(45)23-15-31-12-18-33(19-13-31)47-25-7-9-27-49-38(43)5-2/h4-5,10-23,28H,1-2,6-9,24-27H2,3H3/b22-14+,23-15+. The van der Waals surface area contributed by atoms with E-state index in [1.54, 1.807) is 60.7 Å². The molecule has 0 saturated carbocycles. The summed E-state index contributed by atoms with van der Waals surface area (Å²) in [5, 5.41) is 0. The Morgan fingerprint density at radius 3 is 1.43 bits per heavy atom. The zero-order chi connectivity index (χ0) is 36.8. The third kappa shape index (κ3) is 15.2. The predicted octanol–water partition coefficient (Wildman–Crippen LogP) is 6.90. The normalized spacial score (nSPS) is 10.7. The van der Waals surface area contributed by atoms with Crippen LogP contribution in [0.25, 0.3) is 12.2 Å². The highest BCUT2D eigenvalue weighted by Gasteiger charge is 2.14. The molecule has 0 aliphatic carbocycles. The fraction of sp³-hybridized carbons (Fsp3) is 0.225. The van der Waals surface area contributed by atoms with E-state index in [0.29, 0.717) is 63.6 Å². The molecule has 11 nitrogen and oxygen atoms in total. The Morgan fingerprint density at radius 2 is 0.980 bits per heavy atom. The maximum atomic E-state index is 12.5. The Hall–Kier alpha value is -6.23. The van der Waals surface area contributed by atoms with Gasteiger partial charge in [-0.15, -0.1) is 0 Å². The summed E-state index contributed by atoms with van der Waals surface area (Å²) in [4.78, 5) is 59.4. The lowest BCUT2D eigenvalue weighted by Gasteiger charge is -2.09. The highest BCUT2D eigenvalue weighted by Crippen LogP contribution is 2.26. The molecule has 0 fully saturated rings. The molecule has 3 aromatic rings. The molecule has 0 radical (unpaired) electrons. The first-order valence-corrected chi connectivity index (χ1v) is 16.2. The minimum Gasteiger partial charge on any atom is -0.494 e. The third-order valence-electron chi connectivity index (χ3n) is 6.78. The molecule has 0 aromatic heterocycles. The summed E-state index contributed by atoms with van der Waals surface area (Å²) in [6.07, 6.45) is 10.6. The van der Waals surface area contributed by atoms with E-state index in [2.05, 4.69) is 13.2 Å². The van der Waals surface area contributed by atoms with Crippen molar-refractivity contribution in [2.45, 2.75) is 32.6 Å². The third-order valence-corrected chi connectivity index (χ3v) is 6.78. The van der Waals surface area contributed by atoms with E-state index in [9.17, 15) is 24.0 Å². The highest BCUT2D eigenvalue weighted by molar-refractivity contribution is 5.99. The lowest BCUT2D eigenvalue weighted by molar-refractivity contribution is -0.138. The van der Waals surface area contributed by atoms with Gasteiger partial charge in [-0.1, -0.05) is 37.4 Å². The van der Waals surface area contributed by atoms with Crippen molar-refractivity contribution in [1.82, 2.24) is 0 Å². The number of hydrogen-bond donors (Lipinski definition) is 0. The molecule has 0 aliphatic rings. The van der Waals surface area contributed by atoms with Gasteiger partial charge in [0.2, 0.25) is 0 Å². The molecular formula is C40H40O11. The molecule has 11 heteroatoms. The second-order valence-corrected chi connectivity index (χ2v) is 10.7. The number of ketones is 1. The molecule has 0 amide bonds. The van der Waals surface area contributed by atoms with Crippen molar-refractivity contribution in [1.29, 1.82) is 0 Å². The van der Waals surface area contributed by atoms with Gasteiger partial charge in [0, 0.05) is 24.3 Å². The van der Waals surface area contributed by atoms with Gasteiger partial charge in [0.25, 0.3) is 0 Å². The maximum Gasteiger partial charge on any atom is 0.336 e. The van der Waals surface area contributed by atoms with E-state index in [1.807, 2.05) is 0 Å². The molecule has 0 N–H and O–H groups in total. The fourth-order valence-corrected chi connectivity index (χ4v) is 4.16. The number of esters is 4. The van der Waals surface area contributed by atoms with Gasteiger partial charge < -0.3 is 28.4 Å². The molecular weight excluding hydrogens is 656 g/mol. The monoisotopic (exact) mass is 696 g/mol. The number of benzene rings is 3. The molecule has 0 aliphatic heterocycles. The van der Waals surface area contributed by atoms with Crippen LogP contribution in [0.5, 0.6) is 23.0 Å². The topological polar surface area (TPSA) is 141 Å². The van der Waals surface area contributed by atoms with E-state index in [1.165, 1.54) is 37.3 Å². The van der Waals surface area contributed by atoms with Gasteiger partial charge in [0.1, 0.15) is 23.0 Å². The average Bonchev–Trinajstić information content (AvgIpc) is 3.13. The molecule has 0 unspecified atom stereocenters. The predicted molar refractivity (Wildman–Crippen MR) is 190 cm³/mol. The number of carbonyl (C=O) groups is 5. The van der Waals surface area contributed by atoms with Gasteiger partial charge >= 0.3 is 23.9 Å². The average molecular weight is 697 g/mol. The van der Waals surface area contributed by atoms with Crippen LogP contribution in [0, 0.1) is 0 Å². The second kappa shape index (κ2) is 21.7. The van der Waals surface area contributed by atoms with Crippen molar-refractivity contribution in [2.24, 2.45) is 0 Å². The quantitative estimate of drug-likeness (QED) is 0.0377. The summed E-state index contributed by atoms with van der Waals surface area (Å²) in [5.41, 5.74) is 1.52. The smallest absolute Gasteiger partial charge is 0.336 e. The summed E-state index contributed by atoms with van der Waals surface area (Å²) in [6, 6.07) is 18.3. The van der Waals surface area contributed by atoms with Crippen molar-refractivity contribution in [3.05, 3.63) is 121 Å². The maximum absolute atomic E-state index is 12.5. The van der Waals surface area contributed by atoms with Crippen molar-refractivity contribution in [3.63, 3.8) is 0 Å². The van der Waals surface area contributed by atoms with Gasteiger partial charge in [-0.3, -0.25) is 4.79 Å². The van der Waals surface area contributed by atoms with E-state index in [4.69, 9.17) is 28.4 Å². The molecule has 3 aromatic carbocycles. The second-order valence-electron chi connectivity index (χ2n) is 10.7. The zero-order valence-corrected chi connectivity index (χ0v) is 28.4. The van der Waals surface area contributed by atoms with Gasteiger partial charge in [0.15, 0.2) is 5.78 Å². The first kappa shape index (κ1) is 39.2. The van der Waals surface area contributed by atoms with Crippen LogP contribution in [-0.4, -0.2) is 56.1 Å². The minimum atomic E-state index is -0.703. The summed E-state index contributed by atoms with van der Waals surface area (Å²) in [6.45, 7) is 9.51. The van der Waals surface area contributed by atoms with Gasteiger partial charge in [-0.25, -0.2) is 19.2 Å². The van der Waals surface area contributed by atoms with E-state index < -0.39 is 23.9 Å². The Bertz CT molecular complexity index is 1720. The fourth-order valence-electron chi connectivity index (χ4n) is 4.16. The Kier molecular flexibility index (Phi) is 16.7. The van der Waals surface area contributed by atoms with Crippen LogP contribution in [0.2, 0.25) is 0 Å². The number of hydrogen-bond acceptors (Lipinski definition) is 11. The Morgan fingerprint density at radius 1 is 0.549 bits per heavy atom. The summed E-state index contributed by atoms with van der Waals surface area (Å²) in [7, 11) is 0.